The highest BCUT2D eigenvalue weighted by atomic mass is 79.9. The fraction of sp³-hybridized carbons (Fsp3) is 0.455. The Morgan fingerprint density at radius 2 is 2.29 bits per heavy atom. The van der Waals surface area contributed by atoms with Crippen molar-refractivity contribution in [3.05, 3.63) is 32.8 Å². The average Bonchev–Trinajstić information content (AvgIpc) is 2.30. The van der Waals surface area contributed by atoms with Crippen LogP contribution in [0.3, 0.4) is 0 Å². The lowest BCUT2D eigenvalue weighted by Crippen LogP contribution is -2.28. The molecule has 0 saturated carbocycles. The average molecular weight is 302 g/mol. The van der Waals surface area contributed by atoms with Crippen molar-refractivity contribution < 1.29 is 4.92 Å². The molecule has 0 radical (unpaired) electrons. The highest BCUT2D eigenvalue weighted by molar-refractivity contribution is 9.10. The molecule has 3 N–H and O–H groups in total. The van der Waals surface area contributed by atoms with Gasteiger partial charge in [0, 0.05) is 34.9 Å². The van der Waals surface area contributed by atoms with Gasteiger partial charge in [0.25, 0.3) is 5.69 Å². The number of nitrogens with two attached hydrogens (primary N) is 1. The topological polar surface area (TPSA) is 81.2 Å². The van der Waals surface area contributed by atoms with Crippen molar-refractivity contribution in [2.75, 3.05) is 11.9 Å². The fourth-order valence-electron chi connectivity index (χ4n) is 1.55. The lowest BCUT2D eigenvalue weighted by Gasteiger charge is -2.18. The van der Waals surface area contributed by atoms with Crippen LogP contribution in [0.4, 0.5) is 11.4 Å². The minimum atomic E-state index is -0.416. The van der Waals surface area contributed by atoms with Gasteiger partial charge in [-0.2, -0.15) is 0 Å². The molecule has 0 saturated heterocycles. The third-order valence-electron chi connectivity index (χ3n) is 2.44. The maximum atomic E-state index is 10.6. The van der Waals surface area contributed by atoms with Gasteiger partial charge in [-0.15, -0.1) is 0 Å². The number of nitrogens with zero attached hydrogens (tertiary/aromatic N) is 1. The number of nitrogens with one attached hydrogen (secondary N) is 1. The summed E-state index contributed by atoms with van der Waals surface area (Å²) in [4.78, 5) is 10.2. The molecular formula is C11H16BrN3O2. The van der Waals surface area contributed by atoms with Crippen molar-refractivity contribution in [1.29, 1.82) is 0 Å². The first kappa shape index (κ1) is 13.9. The zero-order valence-corrected chi connectivity index (χ0v) is 11.2. The molecule has 1 unspecified atom stereocenters. The molecule has 0 heterocycles. The first-order valence-electron chi connectivity index (χ1n) is 5.49. The summed E-state index contributed by atoms with van der Waals surface area (Å²) in [6.45, 7) is 2.63. The molecule has 1 aromatic rings. The Bertz CT molecular complexity index is 398. The van der Waals surface area contributed by atoms with Crippen LogP contribution >= 0.6 is 15.9 Å². The Kier molecular flexibility index (Phi) is 5.37. The van der Waals surface area contributed by atoms with Crippen LogP contribution in [0.5, 0.6) is 0 Å². The number of benzene rings is 1. The SMILES string of the molecule is CCCC(CN)Nc1ccc([N+](=O)[O-])cc1Br. The third-order valence-corrected chi connectivity index (χ3v) is 3.10. The summed E-state index contributed by atoms with van der Waals surface area (Å²) in [6, 6.07) is 4.85. The van der Waals surface area contributed by atoms with Crippen LogP contribution in [-0.4, -0.2) is 17.5 Å². The summed E-state index contributed by atoms with van der Waals surface area (Å²) in [5.41, 5.74) is 6.55. The smallest absolute Gasteiger partial charge is 0.270 e. The first-order chi connectivity index (χ1) is 8.08. The predicted octanol–water partition coefficient (Wildman–Crippen LogP) is 2.90. The van der Waals surface area contributed by atoms with E-state index in [-0.39, 0.29) is 11.7 Å². The largest absolute Gasteiger partial charge is 0.380 e. The van der Waals surface area contributed by atoms with Gasteiger partial charge in [-0.1, -0.05) is 13.3 Å². The molecule has 0 spiro atoms. The Morgan fingerprint density at radius 3 is 2.76 bits per heavy atom. The summed E-state index contributed by atoms with van der Waals surface area (Å²) in [6.07, 6.45) is 2.01. The number of halogens is 1. The highest BCUT2D eigenvalue weighted by Crippen LogP contribution is 2.27. The van der Waals surface area contributed by atoms with Crippen LogP contribution in [-0.2, 0) is 0 Å². The molecule has 5 nitrogen and oxygen atoms in total. The van der Waals surface area contributed by atoms with Gasteiger partial charge in [-0.05, 0) is 28.4 Å². The molecule has 0 aliphatic rings. The second-order valence-corrected chi connectivity index (χ2v) is 4.64. The van der Waals surface area contributed by atoms with E-state index in [0.717, 1.165) is 18.5 Å². The van der Waals surface area contributed by atoms with E-state index in [4.69, 9.17) is 5.73 Å². The standard InChI is InChI=1S/C11H16BrN3O2/c1-2-3-8(7-13)14-11-5-4-9(15(16)17)6-10(11)12/h4-6,8,14H,2-3,7,13H2,1H3. The number of non-ortho nitro benzene ring substituents is 1. The van der Waals surface area contributed by atoms with Gasteiger partial charge in [0.15, 0.2) is 0 Å². The maximum absolute atomic E-state index is 10.6. The van der Waals surface area contributed by atoms with E-state index in [1.807, 2.05) is 0 Å². The van der Waals surface area contributed by atoms with E-state index in [9.17, 15) is 10.1 Å². The van der Waals surface area contributed by atoms with Crippen molar-refractivity contribution in [3.8, 4) is 0 Å². The monoisotopic (exact) mass is 301 g/mol. The van der Waals surface area contributed by atoms with E-state index >= 15 is 0 Å². The second kappa shape index (κ2) is 6.56. The van der Waals surface area contributed by atoms with Crippen LogP contribution in [0.15, 0.2) is 22.7 Å². The summed E-state index contributed by atoms with van der Waals surface area (Å²) < 4.78 is 0.682. The summed E-state index contributed by atoms with van der Waals surface area (Å²) in [5, 5.41) is 13.9. The van der Waals surface area contributed by atoms with Gasteiger partial charge in [0.2, 0.25) is 0 Å². The minimum absolute atomic E-state index is 0.0715. The number of hydrogen-bond donors (Lipinski definition) is 2. The Labute approximate surface area is 109 Å². The van der Waals surface area contributed by atoms with Crippen LogP contribution in [0.1, 0.15) is 19.8 Å². The molecule has 0 fully saturated rings. The Balaban J connectivity index is 2.81. The summed E-state index contributed by atoms with van der Waals surface area (Å²) >= 11 is 3.32. The molecular weight excluding hydrogens is 286 g/mol. The molecule has 0 amide bonds. The van der Waals surface area contributed by atoms with Crippen molar-refractivity contribution in [2.24, 2.45) is 5.73 Å². The zero-order valence-electron chi connectivity index (χ0n) is 9.65. The minimum Gasteiger partial charge on any atom is -0.380 e. The van der Waals surface area contributed by atoms with Crippen molar-refractivity contribution in [1.82, 2.24) is 0 Å². The molecule has 6 heteroatoms. The number of rotatable bonds is 6. The molecule has 0 aliphatic carbocycles. The number of nitro benzene ring substituents is 1. The number of anilines is 1. The lowest BCUT2D eigenvalue weighted by atomic mass is 10.1. The molecule has 0 aromatic heterocycles. The fourth-order valence-corrected chi connectivity index (χ4v) is 2.03. The Morgan fingerprint density at radius 1 is 1.59 bits per heavy atom. The first-order valence-corrected chi connectivity index (χ1v) is 6.28. The number of hydrogen-bond acceptors (Lipinski definition) is 4. The molecule has 1 aromatic carbocycles. The van der Waals surface area contributed by atoms with Gasteiger partial charge in [-0.25, -0.2) is 0 Å². The Hall–Kier alpha value is -1.14. The molecule has 0 aliphatic heterocycles. The van der Waals surface area contributed by atoms with Crippen LogP contribution in [0, 0.1) is 10.1 Å². The van der Waals surface area contributed by atoms with Gasteiger partial charge in [-0.3, -0.25) is 10.1 Å². The quantitative estimate of drug-likeness (QED) is 0.625. The predicted molar refractivity (Wildman–Crippen MR) is 72.2 cm³/mol. The normalized spacial score (nSPS) is 12.2. The molecule has 1 atom stereocenters. The van der Waals surface area contributed by atoms with Crippen molar-refractivity contribution in [3.63, 3.8) is 0 Å². The number of nitro groups is 1. The van der Waals surface area contributed by atoms with Crippen molar-refractivity contribution >= 4 is 27.3 Å². The highest BCUT2D eigenvalue weighted by Gasteiger charge is 2.11. The van der Waals surface area contributed by atoms with Crippen molar-refractivity contribution in [2.45, 2.75) is 25.8 Å². The maximum Gasteiger partial charge on any atom is 0.270 e. The molecule has 94 valence electrons. The van der Waals surface area contributed by atoms with E-state index in [2.05, 4.69) is 28.2 Å². The molecule has 0 bridgehead atoms. The van der Waals surface area contributed by atoms with Crippen LogP contribution < -0.4 is 11.1 Å². The van der Waals surface area contributed by atoms with Gasteiger partial charge >= 0.3 is 0 Å². The van der Waals surface area contributed by atoms with E-state index in [1.54, 1.807) is 6.07 Å². The lowest BCUT2D eigenvalue weighted by molar-refractivity contribution is -0.384. The summed E-state index contributed by atoms with van der Waals surface area (Å²) in [7, 11) is 0. The zero-order chi connectivity index (χ0) is 12.8. The molecule has 17 heavy (non-hydrogen) atoms. The van der Waals surface area contributed by atoms with Gasteiger partial charge < -0.3 is 11.1 Å². The van der Waals surface area contributed by atoms with E-state index < -0.39 is 4.92 Å². The van der Waals surface area contributed by atoms with Gasteiger partial charge in [0.1, 0.15) is 0 Å². The van der Waals surface area contributed by atoms with Crippen LogP contribution in [0.2, 0.25) is 0 Å². The summed E-state index contributed by atoms with van der Waals surface area (Å²) in [5.74, 6) is 0. The van der Waals surface area contributed by atoms with E-state index in [1.165, 1.54) is 12.1 Å². The third kappa shape index (κ3) is 3.98. The van der Waals surface area contributed by atoms with E-state index in [0.29, 0.717) is 11.0 Å². The second-order valence-electron chi connectivity index (χ2n) is 3.79. The molecule has 1 rings (SSSR count). The van der Waals surface area contributed by atoms with Crippen LogP contribution in [0.25, 0.3) is 0 Å². The van der Waals surface area contributed by atoms with Gasteiger partial charge in [0.05, 0.1) is 4.92 Å².